The largest absolute Gasteiger partial charge is 0.373 e. The Morgan fingerprint density at radius 3 is 2.75 bits per heavy atom. The minimum Gasteiger partial charge on any atom is -0.373 e. The monoisotopic (exact) mass is 174 g/mol. The molecule has 0 spiro atoms. The Balaban J connectivity index is 2.95. The minimum absolute atomic E-state index is 0.350. The molecule has 3 N–H and O–H groups in total. The zero-order valence-electron chi connectivity index (χ0n) is 7.64. The molecule has 0 amide bonds. The molecule has 0 heterocycles. The number of nitrogens with two attached hydrogens (primary N) is 1. The van der Waals surface area contributed by atoms with Crippen LogP contribution in [0.15, 0.2) is 0 Å². The van der Waals surface area contributed by atoms with E-state index < -0.39 is 0 Å². The third-order valence-electron chi connectivity index (χ3n) is 1.59. The summed E-state index contributed by atoms with van der Waals surface area (Å²) in [5.74, 6) is 4.29. The smallest absolute Gasteiger partial charge is 0.325 e. The van der Waals surface area contributed by atoms with Crippen LogP contribution in [0.1, 0.15) is 32.6 Å². The fourth-order valence-electron chi connectivity index (χ4n) is 0.874. The molecular formula is C8H18N2O2. The normalized spacial score (nSPS) is 9.83. The summed E-state index contributed by atoms with van der Waals surface area (Å²) in [6.07, 6.45) is 3.96. The molecule has 0 aliphatic carbocycles. The van der Waals surface area contributed by atoms with Gasteiger partial charge in [0, 0.05) is 6.54 Å². The van der Waals surface area contributed by atoms with Gasteiger partial charge in [-0.05, 0) is 13.0 Å². The van der Waals surface area contributed by atoms with Crippen molar-refractivity contribution in [3.05, 3.63) is 0 Å². The van der Waals surface area contributed by atoms with E-state index in [2.05, 4.69) is 23.0 Å². The van der Waals surface area contributed by atoms with Gasteiger partial charge in [-0.15, -0.1) is 0 Å². The fourth-order valence-corrected chi connectivity index (χ4v) is 0.874. The van der Waals surface area contributed by atoms with Crippen LogP contribution in [0.25, 0.3) is 0 Å². The molecule has 0 bridgehead atoms. The number of carbonyl (C=O) groups excluding carboxylic acids is 1. The highest BCUT2D eigenvalue weighted by Crippen LogP contribution is 1.91. The summed E-state index contributed by atoms with van der Waals surface area (Å²) in [7, 11) is 0. The Bertz CT molecular complexity index is 118. The van der Waals surface area contributed by atoms with Gasteiger partial charge in [-0.1, -0.05) is 19.8 Å². The van der Waals surface area contributed by atoms with Crippen LogP contribution in [0.3, 0.4) is 0 Å². The molecule has 0 aliphatic heterocycles. The van der Waals surface area contributed by atoms with E-state index in [0.29, 0.717) is 13.0 Å². The molecule has 0 aromatic carbocycles. The van der Waals surface area contributed by atoms with Gasteiger partial charge in [-0.2, -0.15) is 5.90 Å². The van der Waals surface area contributed by atoms with E-state index in [1.54, 1.807) is 0 Å². The van der Waals surface area contributed by atoms with Gasteiger partial charge in [0.15, 0.2) is 0 Å². The van der Waals surface area contributed by atoms with Crippen molar-refractivity contribution in [1.29, 1.82) is 0 Å². The molecule has 4 nitrogen and oxygen atoms in total. The first-order valence-electron chi connectivity index (χ1n) is 4.41. The number of nitrogens with one attached hydrogen (secondary N) is 1. The first kappa shape index (κ1) is 11.4. The number of hydrogen-bond donors (Lipinski definition) is 2. The lowest BCUT2D eigenvalue weighted by molar-refractivity contribution is -0.144. The molecule has 12 heavy (non-hydrogen) atoms. The van der Waals surface area contributed by atoms with Gasteiger partial charge in [-0.25, -0.2) is 0 Å². The third-order valence-corrected chi connectivity index (χ3v) is 1.59. The Hall–Kier alpha value is -0.610. The summed E-state index contributed by atoms with van der Waals surface area (Å²) in [6.45, 7) is 3.78. The highest BCUT2D eigenvalue weighted by atomic mass is 16.7. The van der Waals surface area contributed by atoms with E-state index in [1.807, 2.05) is 0 Å². The van der Waals surface area contributed by atoms with Crippen LogP contribution < -0.4 is 11.2 Å². The Kier molecular flexibility index (Phi) is 8.05. The standard InChI is InChI=1S/C8H18N2O2/c1-2-3-4-6-10-7-5-8(11)12-9/h10H,2-7,9H2,1H3. The fraction of sp³-hybridized carbons (Fsp3) is 0.875. The lowest BCUT2D eigenvalue weighted by atomic mass is 10.2. The van der Waals surface area contributed by atoms with Crippen LogP contribution in [-0.4, -0.2) is 19.1 Å². The van der Waals surface area contributed by atoms with Gasteiger partial charge >= 0.3 is 5.97 Å². The molecule has 0 radical (unpaired) electrons. The molecular weight excluding hydrogens is 156 g/mol. The summed E-state index contributed by atoms with van der Waals surface area (Å²) in [6, 6.07) is 0. The zero-order chi connectivity index (χ0) is 9.23. The summed E-state index contributed by atoms with van der Waals surface area (Å²) in [5, 5.41) is 3.13. The van der Waals surface area contributed by atoms with Crippen molar-refractivity contribution >= 4 is 5.97 Å². The second-order valence-corrected chi connectivity index (χ2v) is 2.70. The summed E-state index contributed by atoms with van der Waals surface area (Å²) < 4.78 is 0. The van der Waals surface area contributed by atoms with Crippen LogP contribution in [0.5, 0.6) is 0 Å². The maximum absolute atomic E-state index is 10.5. The van der Waals surface area contributed by atoms with E-state index in [-0.39, 0.29) is 5.97 Å². The zero-order valence-corrected chi connectivity index (χ0v) is 7.64. The molecule has 0 aliphatic rings. The third kappa shape index (κ3) is 7.50. The topological polar surface area (TPSA) is 64.3 Å². The molecule has 72 valence electrons. The van der Waals surface area contributed by atoms with Crippen molar-refractivity contribution in [2.45, 2.75) is 32.6 Å². The van der Waals surface area contributed by atoms with Crippen molar-refractivity contribution in [3.8, 4) is 0 Å². The number of unbranched alkanes of at least 4 members (excludes halogenated alkanes) is 2. The number of hydrogen-bond acceptors (Lipinski definition) is 4. The van der Waals surface area contributed by atoms with Gasteiger partial charge in [0.1, 0.15) is 0 Å². The van der Waals surface area contributed by atoms with Crippen LogP contribution in [0.4, 0.5) is 0 Å². The molecule has 0 rings (SSSR count). The van der Waals surface area contributed by atoms with E-state index in [4.69, 9.17) is 0 Å². The lowest BCUT2D eigenvalue weighted by Gasteiger charge is -2.01. The highest BCUT2D eigenvalue weighted by Gasteiger charge is 1.98. The van der Waals surface area contributed by atoms with E-state index >= 15 is 0 Å². The predicted octanol–water partition coefficient (Wildman–Crippen LogP) is 0.573. The Labute approximate surface area is 73.4 Å². The summed E-state index contributed by atoms with van der Waals surface area (Å²) >= 11 is 0. The number of rotatable bonds is 7. The first-order chi connectivity index (χ1) is 5.81. The van der Waals surface area contributed by atoms with Gasteiger partial charge < -0.3 is 10.2 Å². The SMILES string of the molecule is CCCCCNCCC(=O)ON. The van der Waals surface area contributed by atoms with Crippen molar-refractivity contribution in [2.75, 3.05) is 13.1 Å². The van der Waals surface area contributed by atoms with Crippen LogP contribution in [0.2, 0.25) is 0 Å². The lowest BCUT2D eigenvalue weighted by Crippen LogP contribution is -2.21. The molecule has 4 heteroatoms. The van der Waals surface area contributed by atoms with Gasteiger partial charge in [-0.3, -0.25) is 4.79 Å². The van der Waals surface area contributed by atoms with E-state index in [0.717, 1.165) is 13.0 Å². The van der Waals surface area contributed by atoms with Crippen molar-refractivity contribution in [3.63, 3.8) is 0 Å². The molecule has 0 atom stereocenters. The molecule has 0 aromatic rings. The molecule has 0 saturated heterocycles. The van der Waals surface area contributed by atoms with Crippen molar-refractivity contribution in [1.82, 2.24) is 5.32 Å². The average Bonchev–Trinajstić information content (AvgIpc) is 2.10. The second kappa shape index (κ2) is 8.49. The first-order valence-corrected chi connectivity index (χ1v) is 4.41. The van der Waals surface area contributed by atoms with Gasteiger partial charge in [0.05, 0.1) is 6.42 Å². The maximum Gasteiger partial charge on any atom is 0.325 e. The Morgan fingerprint density at radius 1 is 1.42 bits per heavy atom. The summed E-state index contributed by atoms with van der Waals surface area (Å²) in [4.78, 5) is 14.5. The minimum atomic E-state index is -0.363. The maximum atomic E-state index is 10.5. The van der Waals surface area contributed by atoms with Crippen molar-refractivity contribution in [2.24, 2.45) is 5.90 Å². The average molecular weight is 174 g/mol. The van der Waals surface area contributed by atoms with Crippen LogP contribution >= 0.6 is 0 Å². The quantitative estimate of drug-likeness (QED) is 0.437. The van der Waals surface area contributed by atoms with E-state index in [1.165, 1.54) is 12.8 Å². The highest BCUT2D eigenvalue weighted by molar-refractivity contribution is 5.69. The molecule has 0 aromatic heterocycles. The van der Waals surface area contributed by atoms with Gasteiger partial charge in [0.2, 0.25) is 0 Å². The van der Waals surface area contributed by atoms with E-state index in [9.17, 15) is 4.79 Å². The van der Waals surface area contributed by atoms with Crippen molar-refractivity contribution < 1.29 is 9.63 Å². The van der Waals surface area contributed by atoms with Crippen LogP contribution in [0, 0.1) is 0 Å². The molecule has 0 unspecified atom stereocenters. The Morgan fingerprint density at radius 2 is 2.17 bits per heavy atom. The predicted molar refractivity (Wildman–Crippen MR) is 47.3 cm³/mol. The summed E-state index contributed by atoms with van der Waals surface area (Å²) in [5.41, 5.74) is 0. The van der Waals surface area contributed by atoms with Crippen LogP contribution in [-0.2, 0) is 9.63 Å². The molecule has 0 saturated carbocycles. The number of carbonyl (C=O) groups is 1. The van der Waals surface area contributed by atoms with Gasteiger partial charge in [0.25, 0.3) is 0 Å². The molecule has 0 fully saturated rings. The second-order valence-electron chi connectivity index (χ2n) is 2.70.